The maximum Gasteiger partial charge on any atom is 0.338 e. The summed E-state index contributed by atoms with van der Waals surface area (Å²) in [4.78, 5) is 16.5. The second kappa shape index (κ2) is 6.48. The minimum atomic E-state index is -0.363. The lowest BCUT2D eigenvalue weighted by molar-refractivity contribution is -0.136. The molecule has 1 atom stereocenters. The van der Waals surface area contributed by atoms with Crippen molar-refractivity contribution in [2.24, 2.45) is 0 Å². The number of esters is 1. The summed E-state index contributed by atoms with van der Waals surface area (Å²) in [5, 5.41) is 7.39. The number of ether oxygens (including phenoxy) is 1. The molecule has 0 saturated carbocycles. The number of fused-ring (bicyclic) bond motifs is 1. The maximum atomic E-state index is 12.3. The Hall–Kier alpha value is -2.89. The Labute approximate surface area is 134 Å². The van der Waals surface area contributed by atoms with Gasteiger partial charge in [0.1, 0.15) is 12.4 Å². The van der Waals surface area contributed by atoms with Crippen LogP contribution in [0.25, 0.3) is 6.08 Å². The molecule has 118 valence electrons. The van der Waals surface area contributed by atoms with Crippen LogP contribution in [0.1, 0.15) is 24.9 Å². The molecular formula is C17H18N4O2. The minimum absolute atomic E-state index is 0.351. The highest BCUT2D eigenvalue weighted by atomic mass is 16.5. The lowest BCUT2D eigenvalue weighted by Crippen LogP contribution is -2.28. The van der Waals surface area contributed by atoms with Crippen LogP contribution in [0.15, 0.2) is 54.0 Å². The van der Waals surface area contributed by atoms with Gasteiger partial charge in [-0.15, -0.1) is 0 Å². The van der Waals surface area contributed by atoms with Crippen molar-refractivity contribution >= 4 is 18.0 Å². The number of nitrogens with one attached hydrogen (secondary N) is 1. The SMILES string of the molecule is CCC1=C(C(=O)OC)[C@@H](/C=C/c2ccccc2)n2ncnc2N1. The monoisotopic (exact) mass is 310 g/mol. The van der Waals surface area contributed by atoms with Crippen LogP contribution in [-0.4, -0.2) is 27.8 Å². The average Bonchev–Trinajstić information content (AvgIpc) is 3.07. The van der Waals surface area contributed by atoms with Crippen molar-refractivity contribution < 1.29 is 9.53 Å². The van der Waals surface area contributed by atoms with Crippen molar-refractivity contribution in [3.05, 3.63) is 59.6 Å². The van der Waals surface area contributed by atoms with E-state index in [0.29, 0.717) is 17.9 Å². The first-order chi connectivity index (χ1) is 11.2. The van der Waals surface area contributed by atoms with Gasteiger partial charge in [-0.25, -0.2) is 9.48 Å². The van der Waals surface area contributed by atoms with E-state index in [9.17, 15) is 4.79 Å². The first-order valence-electron chi connectivity index (χ1n) is 7.45. The van der Waals surface area contributed by atoms with Crippen molar-refractivity contribution in [1.29, 1.82) is 0 Å². The van der Waals surface area contributed by atoms with Crippen molar-refractivity contribution in [1.82, 2.24) is 14.8 Å². The molecule has 6 heteroatoms. The molecular weight excluding hydrogens is 292 g/mol. The third-order valence-electron chi connectivity index (χ3n) is 3.75. The summed E-state index contributed by atoms with van der Waals surface area (Å²) in [6.45, 7) is 1.98. The molecule has 0 radical (unpaired) electrons. The predicted octanol–water partition coefficient (Wildman–Crippen LogP) is 2.80. The third kappa shape index (κ3) is 2.88. The molecule has 1 aliphatic rings. The van der Waals surface area contributed by atoms with Gasteiger partial charge in [-0.2, -0.15) is 10.1 Å². The number of methoxy groups -OCH3 is 1. The van der Waals surface area contributed by atoms with Crippen LogP contribution in [0.4, 0.5) is 5.95 Å². The summed E-state index contributed by atoms with van der Waals surface area (Å²) in [6.07, 6.45) is 6.06. The summed E-state index contributed by atoms with van der Waals surface area (Å²) in [7, 11) is 1.39. The lowest BCUT2D eigenvalue weighted by atomic mass is 10.00. The molecule has 0 unspecified atom stereocenters. The van der Waals surface area contributed by atoms with E-state index < -0.39 is 0 Å². The van der Waals surface area contributed by atoms with Gasteiger partial charge in [0.2, 0.25) is 5.95 Å². The fraction of sp³-hybridized carbons (Fsp3) is 0.235. The van der Waals surface area contributed by atoms with Crippen molar-refractivity contribution in [3.8, 4) is 0 Å². The molecule has 2 heterocycles. The van der Waals surface area contributed by atoms with E-state index in [0.717, 1.165) is 11.3 Å². The van der Waals surface area contributed by atoms with E-state index in [1.165, 1.54) is 13.4 Å². The highest BCUT2D eigenvalue weighted by molar-refractivity contribution is 5.92. The number of carbonyl (C=O) groups is 1. The van der Waals surface area contributed by atoms with Crippen LogP contribution in [-0.2, 0) is 9.53 Å². The van der Waals surface area contributed by atoms with Crippen molar-refractivity contribution in [2.45, 2.75) is 19.4 Å². The van der Waals surface area contributed by atoms with Gasteiger partial charge in [0.25, 0.3) is 0 Å². The van der Waals surface area contributed by atoms with Crippen LogP contribution in [0.2, 0.25) is 0 Å². The molecule has 3 rings (SSSR count). The van der Waals surface area contributed by atoms with Gasteiger partial charge in [0, 0.05) is 5.70 Å². The molecule has 0 spiro atoms. The second-order valence-corrected chi connectivity index (χ2v) is 5.11. The minimum Gasteiger partial charge on any atom is -0.466 e. The summed E-state index contributed by atoms with van der Waals surface area (Å²) < 4.78 is 6.65. The zero-order chi connectivity index (χ0) is 16.2. The zero-order valence-electron chi connectivity index (χ0n) is 13.1. The topological polar surface area (TPSA) is 69.0 Å². The largest absolute Gasteiger partial charge is 0.466 e. The standard InChI is InChI=1S/C17H18N4O2/c1-3-13-15(16(22)23-2)14(21-17(20-13)18-11-19-21)10-9-12-7-5-4-6-8-12/h4-11,14H,3H2,1-2H3,(H,18,19,20)/b10-9+/t14-/m1/s1. The molecule has 1 aromatic carbocycles. The van der Waals surface area contributed by atoms with Gasteiger partial charge in [-0.05, 0) is 12.0 Å². The number of anilines is 1. The number of rotatable bonds is 4. The van der Waals surface area contributed by atoms with Gasteiger partial charge in [0.15, 0.2) is 0 Å². The van der Waals surface area contributed by atoms with E-state index in [-0.39, 0.29) is 12.0 Å². The normalized spacial score (nSPS) is 17.0. The lowest BCUT2D eigenvalue weighted by Gasteiger charge is -2.26. The number of aromatic nitrogens is 3. The fourth-order valence-corrected chi connectivity index (χ4v) is 2.62. The van der Waals surface area contributed by atoms with Gasteiger partial charge in [-0.3, -0.25) is 0 Å². The first kappa shape index (κ1) is 15.0. The Kier molecular flexibility index (Phi) is 4.23. The smallest absolute Gasteiger partial charge is 0.338 e. The Balaban J connectivity index is 2.04. The van der Waals surface area contributed by atoms with Crippen LogP contribution in [0.3, 0.4) is 0 Å². The van der Waals surface area contributed by atoms with Gasteiger partial charge in [-0.1, -0.05) is 49.4 Å². The number of hydrogen-bond donors (Lipinski definition) is 1. The van der Waals surface area contributed by atoms with Crippen LogP contribution in [0.5, 0.6) is 0 Å². The summed E-state index contributed by atoms with van der Waals surface area (Å²) in [5.74, 6) is 0.260. The maximum absolute atomic E-state index is 12.3. The van der Waals surface area contributed by atoms with E-state index in [1.54, 1.807) is 4.68 Å². The van der Waals surface area contributed by atoms with E-state index in [4.69, 9.17) is 4.74 Å². The molecule has 0 saturated heterocycles. The molecule has 0 bridgehead atoms. The Morgan fingerprint density at radius 2 is 2.17 bits per heavy atom. The number of carbonyl (C=O) groups excluding carboxylic acids is 1. The second-order valence-electron chi connectivity index (χ2n) is 5.11. The van der Waals surface area contributed by atoms with Gasteiger partial charge < -0.3 is 10.1 Å². The molecule has 6 nitrogen and oxygen atoms in total. The molecule has 1 N–H and O–H groups in total. The van der Waals surface area contributed by atoms with Gasteiger partial charge >= 0.3 is 5.97 Å². The van der Waals surface area contributed by atoms with Crippen LogP contribution in [0, 0.1) is 0 Å². The number of nitrogens with zero attached hydrogens (tertiary/aromatic N) is 3. The van der Waals surface area contributed by atoms with Crippen molar-refractivity contribution in [3.63, 3.8) is 0 Å². The number of hydrogen-bond acceptors (Lipinski definition) is 5. The Morgan fingerprint density at radius 1 is 1.39 bits per heavy atom. The highest BCUT2D eigenvalue weighted by Gasteiger charge is 2.31. The summed E-state index contributed by atoms with van der Waals surface area (Å²) in [6, 6.07) is 9.56. The summed E-state index contributed by atoms with van der Waals surface area (Å²) in [5.41, 5.74) is 2.41. The molecule has 23 heavy (non-hydrogen) atoms. The quantitative estimate of drug-likeness (QED) is 0.879. The molecule has 1 aliphatic heterocycles. The van der Waals surface area contributed by atoms with E-state index in [1.807, 2.05) is 49.4 Å². The predicted molar refractivity (Wildman–Crippen MR) is 87.5 cm³/mol. The highest BCUT2D eigenvalue weighted by Crippen LogP contribution is 2.32. The molecule has 0 fully saturated rings. The van der Waals surface area contributed by atoms with E-state index >= 15 is 0 Å². The molecule has 2 aromatic rings. The number of benzene rings is 1. The Morgan fingerprint density at radius 3 is 2.87 bits per heavy atom. The van der Waals surface area contributed by atoms with Crippen LogP contribution < -0.4 is 5.32 Å². The molecule has 1 aromatic heterocycles. The Bertz CT molecular complexity index is 762. The number of allylic oxidation sites excluding steroid dienone is 2. The third-order valence-corrected chi connectivity index (χ3v) is 3.75. The average molecular weight is 310 g/mol. The van der Waals surface area contributed by atoms with Crippen LogP contribution >= 0.6 is 0 Å². The zero-order valence-corrected chi connectivity index (χ0v) is 13.1. The first-order valence-corrected chi connectivity index (χ1v) is 7.45. The van der Waals surface area contributed by atoms with Crippen molar-refractivity contribution in [2.75, 3.05) is 12.4 Å². The fourth-order valence-electron chi connectivity index (χ4n) is 2.62. The molecule has 0 amide bonds. The van der Waals surface area contributed by atoms with Gasteiger partial charge in [0.05, 0.1) is 12.7 Å². The van der Waals surface area contributed by atoms with E-state index in [2.05, 4.69) is 15.4 Å². The summed E-state index contributed by atoms with van der Waals surface area (Å²) >= 11 is 0. The molecule has 0 aliphatic carbocycles.